The fourth-order valence-corrected chi connectivity index (χ4v) is 10.9. The Balaban J connectivity index is 1.35. The molecular formula is C60H85N7O17. The van der Waals surface area contributed by atoms with Crippen molar-refractivity contribution >= 4 is 41.4 Å². The van der Waals surface area contributed by atoms with E-state index in [1.54, 1.807) is 12.1 Å². The number of phenols is 1. The largest absolute Gasteiger partial charge is 0.508 e. The Morgan fingerprint density at radius 1 is 0.631 bits per heavy atom. The number of hydrogen-bond donors (Lipinski definition) is 14. The number of unbranched alkanes of at least 4 members (excludes halogenated alkanes) is 9. The van der Waals surface area contributed by atoms with Gasteiger partial charge in [-0.2, -0.15) is 0 Å². The van der Waals surface area contributed by atoms with Crippen molar-refractivity contribution in [2.24, 2.45) is 5.92 Å². The predicted octanol–water partition coefficient (Wildman–Crippen LogP) is 0.282. The lowest BCUT2D eigenvalue weighted by Gasteiger charge is -2.34. The molecule has 6 rings (SSSR count). The molecule has 24 heteroatoms. The van der Waals surface area contributed by atoms with Crippen molar-refractivity contribution in [2.75, 3.05) is 13.1 Å². The van der Waals surface area contributed by atoms with Crippen LogP contribution in [-0.2, 0) is 33.6 Å². The van der Waals surface area contributed by atoms with E-state index < -0.39 is 158 Å². The van der Waals surface area contributed by atoms with Crippen LogP contribution >= 0.6 is 0 Å². The molecule has 3 aromatic carbocycles. The topological polar surface area (TPSA) is 377 Å². The van der Waals surface area contributed by atoms with Gasteiger partial charge >= 0.3 is 0 Å². The number of aliphatic hydroxyl groups is 8. The minimum Gasteiger partial charge on any atom is -0.508 e. The Bertz CT molecular complexity index is 2650. The van der Waals surface area contributed by atoms with Gasteiger partial charge in [-0.25, -0.2) is 0 Å². The fraction of sp³-hybridized carbons (Fsp3) is 0.583. The maximum absolute atomic E-state index is 14.7. The van der Waals surface area contributed by atoms with E-state index in [0.717, 1.165) is 91.9 Å². The molecule has 14 N–H and O–H groups in total. The average molecular weight is 1180 g/mol. The molecule has 0 saturated carbocycles. The average Bonchev–Trinajstić information content (AvgIpc) is 4.17. The van der Waals surface area contributed by atoms with Crippen molar-refractivity contribution in [1.82, 2.24) is 36.4 Å². The second kappa shape index (κ2) is 31.4. The summed E-state index contributed by atoms with van der Waals surface area (Å²) in [4.78, 5) is 103. The first-order valence-electron chi connectivity index (χ1n) is 29.2. The molecule has 3 aliphatic rings. The molecule has 7 amide bonds. The van der Waals surface area contributed by atoms with Crippen LogP contribution in [-0.4, -0.2) is 195 Å². The standard InChI is InChI=1S/C60H85N7O17/c1-5-6-7-8-9-10-11-12-13-17-20-45(84-41-27-23-37(24-28-41)36-18-15-14-16-19-36)56(79)61-42-30-44(72)55(78)65-58(81)49-50(73)33(2)31-67(49)60(83)47(35(4)69)63-57(80)48(52(75)51(74)38-21-25-39(70)26-22-38)64-54(77)43-29-40(71)32-66(43)59(82)46(34(3)68)62-53(42)76/h14-16,18-19,21-28,33-35,40,42-52,55,68-75,78H,5-13,17,20,29-32H2,1-4H3,(H,61,79)(H,62,76)(H,63,80)(H,64,77)(H,65,81)/t33-,34+,35+,40+,42+,43-,44+,45?,46-,47-,48-,49-,50-,51-,52-,55-/m0/s1. The molecule has 0 spiro atoms. The molecule has 3 heterocycles. The van der Waals surface area contributed by atoms with E-state index in [9.17, 15) is 79.5 Å². The second-order valence-electron chi connectivity index (χ2n) is 22.6. The van der Waals surface area contributed by atoms with Gasteiger partial charge in [0.15, 0.2) is 12.3 Å². The Morgan fingerprint density at radius 2 is 1.18 bits per heavy atom. The molecule has 84 heavy (non-hydrogen) atoms. The first-order valence-corrected chi connectivity index (χ1v) is 29.2. The number of amides is 7. The normalized spacial score (nSPS) is 27.6. The van der Waals surface area contributed by atoms with Crippen molar-refractivity contribution in [1.29, 1.82) is 0 Å². The summed E-state index contributed by atoms with van der Waals surface area (Å²) in [6.45, 7) is 4.90. The highest BCUT2D eigenvalue weighted by Gasteiger charge is 2.50. The quantitative estimate of drug-likeness (QED) is 0.0637. The number of rotatable bonds is 21. The molecule has 0 bridgehead atoms. The van der Waals surface area contributed by atoms with Crippen molar-refractivity contribution in [3.63, 3.8) is 0 Å². The Morgan fingerprint density at radius 3 is 1.77 bits per heavy atom. The van der Waals surface area contributed by atoms with E-state index in [2.05, 4.69) is 33.5 Å². The van der Waals surface area contributed by atoms with Gasteiger partial charge in [-0.3, -0.25) is 33.6 Å². The number of aromatic hydroxyl groups is 1. The minimum atomic E-state index is -2.30. The third-order valence-electron chi connectivity index (χ3n) is 15.8. The van der Waals surface area contributed by atoms with Crippen LogP contribution in [0.2, 0.25) is 0 Å². The highest BCUT2D eigenvalue weighted by Crippen LogP contribution is 2.29. The highest BCUT2D eigenvalue weighted by atomic mass is 16.5. The summed E-state index contributed by atoms with van der Waals surface area (Å²) in [6.07, 6.45) is -7.96. The molecule has 462 valence electrons. The zero-order chi connectivity index (χ0) is 61.4. The summed E-state index contributed by atoms with van der Waals surface area (Å²) in [7, 11) is 0. The summed E-state index contributed by atoms with van der Waals surface area (Å²) >= 11 is 0. The third-order valence-corrected chi connectivity index (χ3v) is 15.8. The Kier molecular flexibility index (Phi) is 24.8. The summed E-state index contributed by atoms with van der Waals surface area (Å²) < 4.78 is 6.32. The zero-order valence-electron chi connectivity index (χ0n) is 48.0. The van der Waals surface area contributed by atoms with Crippen LogP contribution in [0.3, 0.4) is 0 Å². The van der Waals surface area contributed by atoms with Gasteiger partial charge in [-0.1, -0.05) is 126 Å². The number of ether oxygens (including phenoxy) is 1. The summed E-state index contributed by atoms with van der Waals surface area (Å²) in [5.41, 5.74) is 1.72. The molecule has 0 radical (unpaired) electrons. The van der Waals surface area contributed by atoms with E-state index in [0.29, 0.717) is 12.2 Å². The molecule has 0 aliphatic carbocycles. The maximum Gasteiger partial charge on any atom is 0.261 e. The molecule has 0 aromatic heterocycles. The van der Waals surface area contributed by atoms with E-state index in [-0.39, 0.29) is 24.3 Å². The van der Waals surface area contributed by atoms with Crippen molar-refractivity contribution in [2.45, 2.75) is 202 Å². The van der Waals surface area contributed by atoms with Crippen LogP contribution in [0.1, 0.15) is 123 Å². The predicted molar refractivity (Wildman–Crippen MR) is 304 cm³/mol. The number of carbonyl (C=O) groups excluding carboxylic acids is 7. The first kappa shape index (κ1) is 66.4. The summed E-state index contributed by atoms with van der Waals surface area (Å²) in [5, 5.41) is 112. The Hall–Kier alpha value is -6.77. The summed E-state index contributed by atoms with van der Waals surface area (Å²) in [5.74, 6) is -9.09. The van der Waals surface area contributed by atoms with Gasteiger partial charge < -0.3 is 87.1 Å². The monoisotopic (exact) mass is 1180 g/mol. The van der Waals surface area contributed by atoms with Crippen molar-refractivity contribution in [3.8, 4) is 22.6 Å². The van der Waals surface area contributed by atoms with Gasteiger partial charge in [0.1, 0.15) is 66.1 Å². The van der Waals surface area contributed by atoms with Crippen LogP contribution in [0.5, 0.6) is 11.5 Å². The summed E-state index contributed by atoms with van der Waals surface area (Å²) in [6, 6.07) is 9.54. The van der Waals surface area contributed by atoms with E-state index in [1.807, 2.05) is 42.5 Å². The van der Waals surface area contributed by atoms with Gasteiger partial charge in [-0.15, -0.1) is 0 Å². The molecule has 3 fully saturated rings. The van der Waals surface area contributed by atoms with Crippen LogP contribution in [0.25, 0.3) is 11.1 Å². The Labute approximate surface area is 489 Å². The molecule has 3 aliphatic heterocycles. The van der Waals surface area contributed by atoms with Crippen LogP contribution < -0.4 is 31.3 Å². The lowest BCUT2D eigenvalue weighted by molar-refractivity contribution is -0.148. The smallest absolute Gasteiger partial charge is 0.261 e. The second-order valence-corrected chi connectivity index (χ2v) is 22.6. The number of benzene rings is 3. The SMILES string of the molecule is CCCCCCCCCCCCC(Oc1ccc(-c2ccccc2)cc1)C(=O)N[C@@H]1C[C@@H](O)[C@H](O)NC(=O)[C@@H]2[C@@H](O)[C@@H](C)CN2C(=O)[C@H]([C@@H](C)O)NC(=O)[C@H]([C@H](O)[C@@H](O)c2ccc(O)cc2)NC(=O)[C@@H]2C[C@@H](O)CN2C(=O)[C@H]([C@@H](C)O)NC1=O. The highest BCUT2D eigenvalue weighted by molar-refractivity contribution is 5.98. The number of phenolic OH excluding ortho intramolecular Hbond substituents is 1. The van der Waals surface area contributed by atoms with Crippen LogP contribution in [0.4, 0.5) is 0 Å². The number of fused-ring (bicyclic) bond motifs is 2. The number of hydrogen-bond acceptors (Lipinski definition) is 17. The lowest BCUT2D eigenvalue weighted by Crippen LogP contribution is -2.64. The maximum atomic E-state index is 14.7. The number of nitrogens with one attached hydrogen (secondary N) is 5. The number of aliphatic hydroxyl groups excluding tert-OH is 8. The fourth-order valence-electron chi connectivity index (χ4n) is 10.9. The van der Waals surface area contributed by atoms with Crippen LogP contribution in [0.15, 0.2) is 78.9 Å². The lowest BCUT2D eigenvalue weighted by atomic mass is 9.96. The van der Waals surface area contributed by atoms with Crippen molar-refractivity contribution in [3.05, 3.63) is 84.4 Å². The van der Waals surface area contributed by atoms with Gasteiger partial charge in [0.25, 0.3) is 5.91 Å². The number of carbonyl (C=O) groups is 7. The first-order chi connectivity index (χ1) is 40.0. The number of nitrogens with zero attached hydrogens (tertiary/aromatic N) is 2. The van der Waals surface area contributed by atoms with Crippen LogP contribution in [0, 0.1) is 5.92 Å². The van der Waals surface area contributed by atoms with E-state index in [1.165, 1.54) is 31.9 Å². The zero-order valence-corrected chi connectivity index (χ0v) is 48.0. The van der Waals surface area contributed by atoms with E-state index >= 15 is 0 Å². The third kappa shape index (κ3) is 17.7. The van der Waals surface area contributed by atoms with Gasteiger partial charge in [0.05, 0.1) is 24.4 Å². The van der Waals surface area contributed by atoms with Gasteiger partial charge in [0, 0.05) is 31.8 Å². The minimum absolute atomic E-state index is 0.0712. The molecule has 3 saturated heterocycles. The van der Waals surface area contributed by atoms with Gasteiger partial charge in [0.2, 0.25) is 35.4 Å². The molecule has 16 atom stereocenters. The molecular weight excluding hydrogens is 1090 g/mol. The molecule has 1 unspecified atom stereocenters. The van der Waals surface area contributed by atoms with Crippen molar-refractivity contribution < 1.29 is 84.3 Å². The molecule has 3 aromatic rings. The van der Waals surface area contributed by atoms with E-state index in [4.69, 9.17) is 4.74 Å². The van der Waals surface area contributed by atoms with Gasteiger partial charge in [-0.05, 0) is 67.6 Å². The molecule has 24 nitrogen and oxygen atoms in total.